The Morgan fingerprint density at radius 1 is 1.05 bits per heavy atom. The molecule has 5 aromatic rings. The number of aryl methyl sites for hydroxylation is 2. The third-order valence-electron chi connectivity index (χ3n) is 6.59. The summed E-state index contributed by atoms with van der Waals surface area (Å²) in [5.74, 6) is 2.76. The van der Waals surface area contributed by atoms with Crippen molar-refractivity contribution in [3.63, 3.8) is 0 Å². The first kappa shape index (κ1) is 26.6. The zero-order valence-electron chi connectivity index (χ0n) is 22.7. The summed E-state index contributed by atoms with van der Waals surface area (Å²) in [6, 6.07) is 21.2. The van der Waals surface area contributed by atoms with Gasteiger partial charge in [-0.25, -0.2) is 4.98 Å². The van der Waals surface area contributed by atoms with E-state index < -0.39 is 0 Å². The molecule has 0 spiro atoms. The monoisotopic (exact) mass is 583 g/mol. The van der Waals surface area contributed by atoms with Gasteiger partial charge in [-0.15, -0.1) is 0 Å². The molecular formula is C32H30BrN3O3. The first-order valence-corrected chi connectivity index (χ1v) is 13.8. The lowest BCUT2D eigenvalue weighted by Gasteiger charge is -2.18. The molecule has 0 saturated heterocycles. The van der Waals surface area contributed by atoms with E-state index in [1.165, 1.54) is 4.68 Å². The average molecular weight is 585 g/mol. The van der Waals surface area contributed by atoms with Crippen LogP contribution < -0.4 is 10.3 Å². The van der Waals surface area contributed by atoms with Crippen LogP contribution in [0, 0.1) is 13.8 Å². The quantitative estimate of drug-likeness (QED) is 0.181. The van der Waals surface area contributed by atoms with Gasteiger partial charge in [-0.05, 0) is 91.9 Å². The van der Waals surface area contributed by atoms with Crippen molar-refractivity contribution in [1.82, 2.24) is 9.66 Å². The standard InChI is InChI=1S/C32H30BrN3O3/c1-6-38-30-16-21(5)26(17-25(30)19(2)3)31-35-28-10-8-7-9-24(28)32(37)36(31)34-18-22-12-14-29(39-22)23-13-11-20(4)15-27(23)33/h7-19H,6H2,1-5H3. The number of rotatable bonds is 7. The molecule has 5 rings (SSSR count). The summed E-state index contributed by atoms with van der Waals surface area (Å²) in [6.45, 7) is 10.8. The summed E-state index contributed by atoms with van der Waals surface area (Å²) in [5.41, 5.74) is 5.28. The number of hydrogen-bond donors (Lipinski definition) is 0. The van der Waals surface area contributed by atoms with Crippen molar-refractivity contribution < 1.29 is 9.15 Å². The second-order valence-corrected chi connectivity index (χ2v) is 10.6. The molecule has 2 heterocycles. The summed E-state index contributed by atoms with van der Waals surface area (Å²) in [4.78, 5) is 18.6. The van der Waals surface area contributed by atoms with Gasteiger partial charge in [0.1, 0.15) is 17.3 Å². The Morgan fingerprint density at radius 2 is 1.85 bits per heavy atom. The maximum atomic E-state index is 13.7. The molecule has 0 aliphatic heterocycles. The van der Waals surface area contributed by atoms with Crippen molar-refractivity contribution >= 4 is 33.0 Å². The van der Waals surface area contributed by atoms with Crippen LogP contribution in [0.25, 0.3) is 33.6 Å². The second kappa shape index (κ2) is 11.0. The smallest absolute Gasteiger partial charge is 0.282 e. The second-order valence-electron chi connectivity index (χ2n) is 9.79. The summed E-state index contributed by atoms with van der Waals surface area (Å²) in [5, 5.41) is 5.10. The molecule has 0 amide bonds. The van der Waals surface area contributed by atoms with E-state index >= 15 is 0 Å². The molecule has 2 aromatic heterocycles. The number of fused-ring (bicyclic) bond motifs is 1. The normalized spacial score (nSPS) is 11.7. The van der Waals surface area contributed by atoms with Crippen molar-refractivity contribution in [3.05, 3.63) is 104 Å². The van der Waals surface area contributed by atoms with Gasteiger partial charge >= 0.3 is 0 Å². The van der Waals surface area contributed by atoms with Gasteiger partial charge in [0.15, 0.2) is 5.82 Å². The molecule has 0 bridgehead atoms. The van der Waals surface area contributed by atoms with Gasteiger partial charge in [0, 0.05) is 15.6 Å². The number of nitrogens with zero attached hydrogens (tertiary/aromatic N) is 3. The highest BCUT2D eigenvalue weighted by molar-refractivity contribution is 9.10. The summed E-state index contributed by atoms with van der Waals surface area (Å²) in [7, 11) is 0. The molecule has 0 N–H and O–H groups in total. The lowest BCUT2D eigenvalue weighted by molar-refractivity contribution is 0.335. The average Bonchev–Trinajstić information content (AvgIpc) is 3.37. The number of para-hydroxylation sites is 1. The molecule has 0 aliphatic carbocycles. The highest BCUT2D eigenvalue weighted by Crippen LogP contribution is 2.34. The van der Waals surface area contributed by atoms with E-state index in [2.05, 4.69) is 40.9 Å². The number of furan rings is 1. The number of benzene rings is 3. The largest absolute Gasteiger partial charge is 0.494 e. The highest BCUT2D eigenvalue weighted by atomic mass is 79.9. The van der Waals surface area contributed by atoms with Gasteiger partial charge in [0.2, 0.25) is 0 Å². The summed E-state index contributed by atoms with van der Waals surface area (Å²) in [6.07, 6.45) is 1.56. The number of hydrogen-bond acceptors (Lipinski definition) is 5. The Labute approximate surface area is 236 Å². The lowest BCUT2D eigenvalue weighted by Crippen LogP contribution is -2.20. The fourth-order valence-corrected chi connectivity index (χ4v) is 5.27. The number of halogens is 1. The van der Waals surface area contributed by atoms with Crippen LogP contribution in [0.15, 0.2) is 85.5 Å². The zero-order chi connectivity index (χ0) is 27.7. The molecule has 0 unspecified atom stereocenters. The van der Waals surface area contributed by atoms with Crippen LogP contribution in [-0.2, 0) is 0 Å². The molecule has 39 heavy (non-hydrogen) atoms. The minimum atomic E-state index is -0.251. The molecule has 0 radical (unpaired) electrons. The number of ether oxygens (including phenoxy) is 1. The topological polar surface area (TPSA) is 69.6 Å². The van der Waals surface area contributed by atoms with E-state index in [1.54, 1.807) is 12.3 Å². The third kappa shape index (κ3) is 5.32. The minimum absolute atomic E-state index is 0.220. The van der Waals surface area contributed by atoms with Crippen molar-refractivity contribution in [2.45, 2.75) is 40.5 Å². The minimum Gasteiger partial charge on any atom is -0.494 e. The Morgan fingerprint density at radius 3 is 2.59 bits per heavy atom. The molecule has 0 atom stereocenters. The Bertz CT molecular complexity index is 1770. The molecule has 7 heteroatoms. The third-order valence-corrected chi connectivity index (χ3v) is 7.25. The highest BCUT2D eigenvalue weighted by Gasteiger charge is 2.19. The zero-order valence-corrected chi connectivity index (χ0v) is 24.2. The molecule has 6 nitrogen and oxygen atoms in total. The summed E-state index contributed by atoms with van der Waals surface area (Å²) >= 11 is 3.62. The Hall–Kier alpha value is -3.97. The van der Waals surface area contributed by atoms with Gasteiger partial charge in [0.05, 0.1) is 23.7 Å². The summed E-state index contributed by atoms with van der Waals surface area (Å²) < 4.78 is 14.3. The van der Waals surface area contributed by atoms with Gasteiger partial charge in [-0.1, -0.05) is 48.0 Å². The van der Waals surface area contributed by atoms with Gasteiger partial charge in [0.25, 0.3) is 5.56 Å². The van der Waals surface area contributed by atoms with Crippen molar-refractivity contribution in [1.29, 1.82) is 0 Å². The van der Waals surface area contributed by atoms with Gasteiger partial charge in [-0.3, -0.25) is 4.79 Å². The Kier molecular flexibility index (Phi) is 7.53. The van der Waals surface area contributed by atoms with Crippen LogP contribution in [0.4, 0.5) is 0 Å². The van der Waals surface area contributed by atoms with Crippen LogP contribution in [0.5, 0.6) is 5.75 Å². The van der Waals surface area contributed by atoms with Crippen LogP contribution in [0.2, 0.25) is 0 Å². The van der Waals surface area contributed by atoms with E-state index in [0.717, 1.165) is 38.0 Å². The van der Waals surface area contributed by atoms with E-state index in [9.17, 15) is 4.79 Å². The molecule has 0 saturated carbocycles. The van der Waals surface area contributed by atoms with E-state index in [-0.39, 0.29) is 11.5 Å². The maximum absolute atomic E-state index is 13.7. The lowest BCUT2D eigenvalue weighted by atomic mass is 9.96. The van der Waals surface area contributed by atoms with Crippen LogP contribution >= 0.6 is 15.9 Å². The first-order chi connectivity index (χ1) is 18.8. The van der Waals surface area contributed by atoms with Crippen LogP contribution in [0.3, 0.4) is 0 Å². The fraction of sp³-hybridized carbons (Fsp3) is 0.219. The molecule has 198 valence electrons. The fourth-order valence-electron chi connectivity index (χ4n) is 4.58. The predicted octanol–water partition coefficient (Wildman–Crippen LogP) is 8.11. The molecule has 0 aliphatic rings. The maximum Gasteiger partial charge on any atom is 0.282 e. The predicted molar refractivity (Wildman–Crippen MR) is 161 cm³/mol. The van der Waals surface area contributed by atoms with Crippen LogP contribution in [0.1, 0.15) is 49.1 Å². The van der Waals surface area contributed by atoms with Crippen molar-refractivity contribution in [3.8, 4) is 28.5 Å². The van der Waals surface area contributed by atoms with E-state index in [1.807, 2.05) is 75.4 Å². The molecule has 0 fully saturated rings. The van der Waals surface area contributed by atoms with Crippen molar-refractivity contribution in [2.24, 2.45) is 5.10 Å². The van der Waals surface area contributed by atoms with Gasteiger partial charge in [-0.2, -0.15) is 9.78 Å². The van der Waals surface area contributed by atoms with Crippen LogP contribution in [-0.4, -0.2) is 22.5 Å². The molecular weight excluding hydrogens is 554 g/mol. The van der Waals surface area contributed by atoms with Crippen molar-refractivity contribution in [2.75, 3.05) is 6.61 Å². The first-order valence-electron chi connectivity index (χ1n) is 13.0. The van der Waals surface area contributed by atoms with Gasteiger partial charge < -0.3 is 9.15 Å². The SMILES string of the molecule is CCOc1cc(C)c(-c2nc3ccccc3c(=O)n2N=Cc2ccc(-c3ccc(C)cc3Br)o2)cc1C(C)C. The number of aromatic nitrogens is 2. The van der Waals surface area contributed by atoms with E-state index in [4.69, 9.17) is 14.1 Å². The molecule has 3 aromatic carbocycles. The Balaban J connectivity index is 1.65. The van der Waals surface area contributed by atoms with E-state index in [0.29, 0.717) is 34.9 Å².